The molecule has 1 aliphatic rings. The van der Waals surface area contributed by atoms with Gasteiger partial charge in [0.1, 0.15) is 6.10 Å². The molecule has 0 radical (unpaired) electrons. The van der Waals surface area contributed by atoms with Crippen LogP contribution in [0.1, 0.15) is 26.7 Å². The summed E-state index contributed by atoms with van der Waals surface area (Å²) in [6.45, 7) is 3.57. The smallest absolute Gasteiger partial charge is 0.161 e. The molecule has 0 aromatic carbocycles. The van der Waals surface area contributed by atoms with Crippen LogP contribution in [0.4, 0.5) is 0 Å². The summed E-state index contributed by atoms with van der Waals surface area (Å²) in [6, 6.07) is 0. The SMILES string of the molecule is CC1=C(C(C)OO)C(=O)CC1. The fourth-order valence-electron chi connectivity index (χ4n) is 1.43. The lowest BCUT2D eigenvalue weighted by molar-refractivity contribution is -0.263. The molecule has 0 aromatic rings. The molecule has 3 nitrogen and oxygen atoms in total. The summed E-state index contributed by atoms with van der Waals surface area (Å²) in [7, 11) is 0. The Kier molecular flexibility index (Phi) is 2.42. The second-order valence-electron chi connectivity index (χ2n) is 2.86. The van der Waals surface area contributed by atoms with Crippen molar-refractivity contribution in [1.82, 2.24) is 0 Å². The molecule has 1 rings (SSSR count). The molecule has 1 aliphatic carbocycles. The van der Waals surface area contributed by atoms with Crippen LogP contribution in [0.25, 0.3) is 0 Å². The van der Waals surface area contributed by atoms with Crippen molar-refractivity contribution in [3.63, 3.8) is 0 Å². The minimum absolute atomic E-state index is 0.101. The largest absolute Gasteiger partial charge is 0.294 e. The van der Waals surface area contributed by atoms with Crippen LogP contribution in [0, 0.1) is 0 Å². The molecule has 1 unspecified atom stereocenters. The Morgan fingerprint density at radius 1 is 1.55 bits per heavy atom. The first kappa shape index (κ1) is 8.43. The number of allylic oxidation sites excluding steroid dienone is 1. The molecule has 3 heteroatoms. The Morgan fingerprint density at radius 3 is 2.55 bits per heavy atom. The summed E-state index contributed by atoms with van der Waals surface area (Å²) in [5, 5.41) is 8.34. The topological polar surface area (TPSA) is 46.5 Å². The monoisotopic (exact) mass is 156 g/mol. The normalized spacial score (nSPS) is 21.2. The Hall–Kier alpha value is -0.670. The van der Waals surface area contributed by atoms with Gasteiger partial charge in [-0.15, -0.1) is 0 Å². The molecule has 0 amide bonds. The van der Waals surface area contributed by atoms with Gasteiger partial charge in [-0.05, 0) is 20.3 Å². The summed E-state index contributed by atoms with van der Waals surface area (Å²) >= 11 is 0. The van der Waals surface area contributed by atoms with E-state index >= 15 is 0 Å². The number of rotatable bonds is 2. The fourth-order valence-corrected chi connectivity index (χ4v) is 1.43. The van der Waals surface area contributed by atoms with Crippen LogP contribution in [-0.2, 0) is 9.68 Å². The first-order valence-electron chi connectivity index (χ1n) is 3.70. The summed E-state index contributed by atoms with van der Waals surface area (Å²) in [4.78, 5) is 15.2. The predicted molar refractivity (Wildman–Crippen MR) is 40.1 cm³/mol. The highest BCUT2D eigenvalue weighted by Crippen LogP contribution is 2.25. The zero-order valence-corrected chi connectivity index (χ0v) is 6.76. The van der Waals surface area contributed by atoms with Gasteiger partial charge in [0.2, 0.25) is 0 Å². The van der Waals surface area contributed by atoms with Gasteiger partial charge >= 0.3 is 0 Å². The number of carbonyl (C=O) groups excluding carboxylic acids is 1. The van der Waals surface area contributed by atoms with Crippen LogP contribution in [0.5, 0.6) is 0 Å². The number of hydrogen-bond donors (Lipinski definition) is 1. The van der Waals surface area contributed by atoms with Crippen LogP contribution >= 0.6 is 0 Å². The van der Waals surface area contributed by atoms with E-state index in [9.17, 15) is 4.79 Å². The average Bonchev–Trinajstić information content (AvgIpc) is 2.30. The molecule has 62 valence electrons. The molecule has 0 heterocycles. The van der Waals surface area contributed by atoms with E-state index < -0.39 is 6.10 Å². The lowest BCUT2D eigenvalue weighted by Gasteiger charge is -2.07. The highest BCUT2D eigenvalue weighted by molar-refractivity contribution is 5.99. The highest BCUT2D eigenvalue weighted by Gasteiger charge is 2.25. The minimum atomic E-state index is -0.468. The van der Waals surface area contributed by atoms with Crippen LogP contribution < -0.4 is 0 Å². The van der Waals surface area contributed by atoms with Crippen molar-refractivity contribution in [2.75, 3.05) is 0 Å². The van der Waals surface area contributed by atoms with E-state index in [0.717, 1.165) is 12.0 Å². The van der Waals surface area contributed by atoms with Gasteiger partial charge in [0.05, 0.1) is 0 Å². The van der Waals surface area contributed by atoms with Crippen molar-refractivity contribution in [3.8, 4) is 0 Å². The van der Waals surface area contributed by atoms with Gasteiger partial charge in [0.15, 0.2) is 5.78 Å². The molecule has 0 fully saturated rings. The summed E-state index contributed by atoms with van der Waals surface area (Å²) in [5.74, 6) is 0.101. The molecule has 1 N–H and O–H groups in total. The maximum Gasteiger partial charge on any atom is 0.161 e. The molecule has 1 atom stereocenters. The molecule has 0 bridgehead atoms. The molecule has 0 saturated carbocycles. The van der Waals surface area contributed by atoms with Crippen molar-refractivity contribution < 1.29 is 14.9 Å². The molecule has 11 heavy (non-hydrogen) atoms. The van der Waals surface area contributed by atoms with Crippen LogP contribution in [0.15, 0.2) is 11.1 Å². The summed E-state index contributed by atoms with van der Waals surface area (Å²) < 4.78 is 0. The van der Waals surface area contributed by atoms with E-state index in [-0.39, 0.29) is 5.78 Å². The van der Waals surface area contributed by atoms with E-state index in [1.54, 1.807) is 6.92 Å². The lowest BCUT2D eigenvalue weighted by atomic mass is 10.1. The highest BCUT2D eigenvalue weighted by atomic mass is 17.1. The Labute approximate surface area is 65.6 Å². The fraction of sp³-hybridized carbons (Fsp3) is 0.625. The molecular formula is C8H12O3. The average molecular weight is 156 g/mol. The van der Waals surface area contributed by atoms with Crippen LogP contribution in [0.2, 0.25) is 0 Å². The van der Waals surface area contributed by atoms with E-state index in [0.29, 0.717) is 12.0 Å². The maximum absolute atomic E-state index is 11.1. The quantitative estimate of drug-likeness (QED) is 0.487. The standard InChI is InChI=1S/C8H12O3/c1-5-3-4-7(9)8(5)6(2)11-10/h6,10H,3-4H2,1-2H3. The van der Waals surface area contributed by atoms with Gasteiger partial charge in [-0.1, -0.05) is 5.57 Å². The first-order chi connectivity index (χ1) is 5.16. The Morgan fingerprint density at radius 2 is 2.18 bits per heavy atom. The van der Waals surface area contributed by atoms with Crippen molar-refractivity contribution in [3.05, 3.63) is 11.1 Å². The Bertz CT molecular complexity index is 205. The third-order valence-corrected chi connectivity index (χ3v) is 2.05. The zero-order chi connectivity index (χ0) is 8.43. The number of ketones is 1. The molecule has 0 aromatic heterocycles. The summed E-state index contributed by atoms with van der Waals surface area (Å²) in [6.07, 6.45) is 0.904. The number of hydrogen-bond acceptors (Lipinski definition) is 3. The second kappa shape index (κ2) is 3.15. The third-order valence-electron chi connectivity index (χ3n) is 2.05. The van der Waals surface area contributed by atoms with E-state index in [1.165, 1.54) is 0 Å². The maximum atomic E-state index is 11.1. The summed E-state index contributed by atoms with van der Waals surface area (Å²) in [5.41, 5.74) is 1.68. The predicted octanol–water partition coefficient (Wildman–Crippen LogP) is 1.54. The van der Waals surface area contributed by atoms with Gasteiger partial charge in [0, 0.05) is 12.0 Å². The molecule has 0 spiro atoms. The van der Waals surface area contributed by atoms with Crippen molar-refractivity contribution in [1.29, 1.82) is 0 Å². The van der Waals surface area contributed by atoms with E-state index in [4.69, 9.17) is 5.26 Å². The van der Waals surface area contributed by atoms with Crippen LogP contribution in [-0.4, -0.2) is 17.1 Å². The van der Waals surface area contributed by atoms with E-state index in [2.05, 4.69) is 4.89 Å². The first-order valence-corrected chi connectivity index (χ1v) is 3.70. The van der Waals surface area contributed by atoms with Gasteiger partial charge in [-0.2, -0.15) is 0 Å². The number of carbonyl (C=O) groups is 1. The molecular weight excluding hydrogens is 144 g/mol. The minimum Gasteiger partial charge on any atom is -0.294 e. The van der Waals surface area contributed by atoms with Crippen molar-refractivity contribution in [2.24, 2.45) is 0 Å². The lowest BCUT2D eigenvalue weighted by Crippen LogP contribution is -2.14. The molecule has 0 saturated heterocycles. The zero-order valence-electron chi connectivity index (χ0n) is 6.76. The Balaban J connectivity index is 2.82. The van der Waals surface area contributed by atoms with Gasteiger partial charge < -0.3 is 0 Å². The van der Waals surface area contributed by atoms with Gasteiger partial charge in [-0.25, -0.2) is 4.89 Å². The third kappa shape index (κ3) is 1.49. The molecule has 0 aliphatic heterocycles. The van der Waals surface area contributed by atoms with Gasteiger partial charge in [0.25, 0.3) is 0 Å². The van der Waals surface area contributed by atoms with Gasteiger partial charge in [-0.3, -0.25) is 10.1 Å². The second-order valence-corrected chi connectivity index (χ2v) is 2.86. The van der Waals surface area contributed by atoms with E-state index in [1.807, 2.05) is 6.92 Å². The van der Waals surface area contributed by atoms with Crippen molar-refractivity contribution >= 4 is 5.78 Å². The van der Waals surface area contributed by atoms with Crippen molar-refractivity contribution in [2.45, 2.75) is 32.8 Å². The van der Waals surface area contributed by atoms with Crippen LogP contribution in [0.3, 0.4) is 0 Å². The number of Topliss-reactive ketones (excluding diaryl/α,β-unsaturated/α-hetero) is 1.